The molecular weight excluding hydrogens is 320 g/mol. The molecule has 4 rings (SSSR count). The topological polar surface area (TPSA) is 76.5 Å². The van der Waals surface area contributed by atoms with Gasteiger partial charge >= 0.3 is 0 Å². The first kappa shape index (κ1) is 14.6. The van der Waals surface area contributed by atoms with Crippen LogP contribution in [0.1, 0.15) is 10.7 Å². The summed E-state index contributed by atoms with van der Waals surface area (Å²) in [6, 6.07) is 4.05. The zero-order chi connectivity index (χ0) is 16.5. The molecule has 7 heteroatoms. The van der Waals surface area contributed by atoms with E-state index in [4.69, 9.17) is 0 Å². The van der Waals surface area contributed by atoms with Gasteiger partial charge in [0, 0.05) is 46.2 Å². The molecule has 0 aliphatic heterocycles. The van der Waals surface area contributed by atoms with E-state index in [0.29, 0.717) is 5.82 Å². The Kier molecular flexibility index (Phi) is 3.62. The smallest absolute Gasteiger partial charge is 0.158 e. The Balaban J connectivity index is 1.89. The van der Waals surface area contributed by atoms with E-state index in [2.05, 4.69) is 36.3 Å². The third-order valence-electron chi connectivity index (χ3n) is 3.61. The number of nitrogens with one attached hydrogen (secondary N) is 1. The fourth-order valence-corrected chi connectivity index (χ4v) is 3.06. The quantitative estimate of drug-likeness (QED) is 0.612. The summed E-state index contributed by atoms with van der Waals surface area (Å²) >= 11 is 1.59. The first-order chi connectivity index (χ1) is 11.7. The van der Waals surface area contributed by atoms with Gasteiger partial charge in [0.1, 0.15) is 17.7 Å². The Morgan fingerprint density at radius 1 is 1.00 bits per heavy atom. The molecule has 0 fully saturated rings. The van der Waals surface area contributed by atoms with Gasteiger partial charge in [-0.15, -0.1) is 11.3 Å². The van der Waals surface area contributed by atoms with E-state index in [9.17, 15) is 0 Å². The lowest BCUT2D eigenvalue weighted by atomic mass is 10.1. The molecule has 6 nitrogen and oxygen atoms in total. The van der Waals surface area contributed by atoms with Crippen LogP contribution in [0.25, 0.3) is 22.0 Å². The molecule has 0 saturated heterocycles. The Labute approximate surface area is 142 Å². The Morgan fingerprint density at radius 2 is 1.83 bits per heavy atom. The molecule has 0 amide bonds. The number of aryl methyl sites for hydroxylation is 2. The zero-order valence-electron chi connectivity index (χ0n) is 13.2. The van der Waals surface area contributed by atoms with Crippen molar-refractivity contribution in [1.82, 2.24) is 24.9 Å². The summed E-state index contributed by atoms with van der Waals surface area (Å²) in [7, 11) is 0. The third kappa shape index (κ3) is 2.69. The SMILES string of the molecule is Cc1ccc2c(-c3cncnc3)cnc(Nc3csc(C)n3)c2n1. The molecule has 0 spiro atoms. The molecule has 1 N–H and O–H groups in total. The maximum atomic E-state index is 4.67. The molecule has 4 aromatic heterocycles. The number of anilines is 2. The second-order valence-electron chi connectivity index (χ2n) is 5.37. The van der Waals surface area contributed by atoms with Crippen molar-refractivity contribution in [3.63, 3.8) is 0 Å². The lowest BCUT2D eigenvalue weighted by molar-refractivity contribution is 1.17. The monoisotopic (exact) mass is 334 g/mol. The van der Waals surface area contributed by atoms with Gasteiger partial charge in [-0.3, -0.25) is 0 Å². The summed E-state index contributed by atoms with van der Waals surface area (Å²) in [4.78, 5) is 21.9. The van der Waals surface area contributed by atoms with Crippen LogP contribution < -0.4 is 5.32 Å². The summed E-state index contributed by atoms with van der Waals surface area (Å²) in [6.07, 6.45) is 6.89. The van der Waals surface area contributed by atoms with Gasteiger partial charge in [-0.05, 0) is 19.9 Å². The Morgan fingerprint density at radius 3 is 2.58 bits per heavy atom. The van der Waals surface area contributed by atoms with Crippen LogP contribution in [0, 0.1) is 13.8 Å². The molecule has 0 saturated carbocycles. The van der Waals surface area contributed by atoms with E-state index in [-0.39, 0.29) is 0 Å². The maximum absolute atomic E-state index is 4.67. The van der Waals surface area contributed by atoms with Crippen LogP contribution in [0.5, 0.6) is 0 Å². The van der Waals surface area contributed by atoms with Crippen molar-refractivity contribution < 1.29 is 0 Å². The predicted octanol–water partition coefficient (Wildman–Crippen LogP) is 3.90. The number of thiazole rings is 1. The van der Waals surface area contributed by atoms with Gasteiger partial charge in [0.2, 0.25) is 0 Å². The van der Waals surface area contributed by atoms with Crippen molar-refractivity contribution in [3.05, 3.63) is 53.1 Å². The van der Waals surface area contributed by atoms with E-state index in [1.807, 2.05) is 31.5 Å². The molecule has 24 heavy (non-hydrogen) atoms. The first-order valence-corrected chi connectivity index (χ1v) is 8.29. The summed E-state index contributed by atoms with van der Waals surface area (Å²) in [5.41, 5.74) is 3.61. The highest BCUT2D eigenvalue weighted by Crippen LogP contribution is 2.31. The normalized spacial score (nSPS) is 10.9. The Hall–Kier alpha value is -2.93. The third-order valence-corrected chi connectivity index (χ3v) is 4.38. The average molecular weight is 334 g/mol. The van der Waals surface area contributed by atoms with E-state index >= 15 is 0 Å². The van der Waals surface area contributed by atoms with Crippen molar-refractivity contribution >= 4 is 33.9 Å². The first-order valence-electron chi connectivity index (χ1n) is 7.41. The highest BCUT2D eigenvalue weighted by Gasteiger charge is 2.12. The van der Waals surface area contributed by atoms with Gasteiger partial charge in [-0.2, -0.15) is 0 Å². The number of rotatable bonds is 3. The van der Waals surface area contributed by atoms with E-state index in [0.717, 1.165) is 38.5 Å². The maximum Gasteiger partial charge on any atom is 0.158 e. The molecule has 0 aliphatic rings. The van der Waals surface area contributed by atoms with Crippen LogP contribution in [0.15, 0.2) is 42.4 Å². The summed E-state index contributed by atoms with van der Waals surface area (Å²) in [5.74, 6) is 1.48. The molecule has 0 aromatic carbocycles. The fourth-order valence-electron chi connectivity index (χ4n) is 2.52. The molecule has 0 bridgehead atoms. The average Bonchev–Trinajstić information content (AvgIpc) is 3.01. The molecule has 4 heterocycles. The zero-order valence-corrected chi connectivity index (χ0v) is 14.0. The highest BCUT2D eigenvalue weighted by atomic mass is 32.1. The van der Waals surface area contributed by atoms with Crippen LogP contribution in [-0.4, -0.2) is 24.9 Å². The number of hydrogen-bond acceptors (Lipinski definition) is 7. The van der Waals surface area contributed by atoms with Crippen LogP contribution >= 0.6 is 11.3 Å². The molecule has 0 radical (unpaired) electrons. The van der Waals surface area contributed by atoms with Gasteiger partial charge in [-0.1, -0.05) is 6.07 Å². The predicted molar refractivity (Wildman–Crippen MR) is 95.4 cm³/mol. The van der Waals surface area contributed by atoms with Crippen LogP contribution in [-0.2, 0) is 0 Å². The van der Waals surface area contributed by atoms with Crippen LogP contribution in [0.2, 0.25) is 0 Å². The molecular formula is C17H14N6S. The molecule has 4 aromatic rings. The number of aromatic nitrogens is 5. The minimum absolute atomic E-state index is 0.694. The van der Waals surface area contributed by atoms with Crippen molar-refractivity contribution in [1.29, 1.82) is 0 Å². The highest BCUT2D eigenvalue weighted by molar-refractivity contribution is 7.09. The van der Waals surface area contributed by atoms with E-state index < -0.39 is 0 Å². The van der Waals surface area contributed by atoms with Crippen molar-refractivity contribution in [3.8, 4) is 11.1 Å². The van der Waals surface area contributed by atoms with Crippen molar-refractivity contribution in [2.45, 2.75) is 13.8 Å². The van der Waals surface area contributed by atoms with Gasteiger partial charge in [-0.25, -0.2) is 24.9 Å². The minimum Gasteiger partial charge on any atom is -0.322 e. The van der Waals surface area contributed by atoms with E-state index in [1.165, 1.54) is 6.33 Å². The lowest BCUT2D eigenvalue weighted by Crippen LogP contribution is -1.99. The second kappa shape index (κ2) is 5.93. The molecule has 0 atom stereocenters. The molecule has 0 unspecified atom stereocenters. The molecule has 118 valence electrons. The second-order valence-corrected chi connectivity index (χ2v) is 6.44. The summed E-state index contributed by atoms with van der Waals surface area (Å²) < 4.78 is 0. The van der Waals surface area contributed by atoms with Gasteiger partial charge in [0.05, 0.1) is 5.01 Å². The fraction of sp³-hybridized carbons (Fsp3) is 0.118. The summed E-state index contributed by atoms with van der Waals surface area (Å²) in [5, 5.41) is 7.24. The van der Waals surface area contributed by atoms with Crippen molar-refractivity contribution in [2.24, 2.45) is 0 Å². The van der Waals surface area contributed by atoms with Crippen LogP contribution in [0.3, 0.4) is 0 Å². The standard InChI is InChI=1S/C17H14N6S/c1-10-3-4-13-14(12-5-18-9-19-6-12)7-20-17(16(13)21-10)23-15-8-24-11(2)22-15/h3-9H,1-2H3,(H,20,23). The van der Waals surface area contributed by atoms with E-state index in [1.54, 1.807) is 23.7 Å². The van der Waals surface area contributed by atoms with Crippen LogP contribution in [0.4, 0.5) is 11.6 Å². The Bertz CT molecular complexity index is 1010. The number of nitrogens with zero attached hydrogens (tertiary/aromatic N) is 5. The van der Waals surface area contributed by atoms with Crippen molar-refractivity contribution in [2.75, 3.05) is 5.32 Å². The lowest BCUT2D eigenvalue weighted by Gasteiger charge is -2.10. The number of pyridine rings is 2. The number of fused-ring (bicyclic) bond motifs is 1. The molecule has 0 aliphatic carbocycles. The summed E-state index contributed by atoms with van der Waals surface area (Å²) in [6.45, 7) is 3.94. The van der Waals surface area contributed by atoms with Gasteiger partial charge in [0.25, 0.3) is 0 Å². The minimum atomic E-state index is 0.694. The largest absolute Gasteiger partial charge is 0.322 e. The van der Waals surface area contributed by atoms with Gasteiger partial charge < -0.3 is 5.32 Å². The number of hydrogen-bond donors (Lipinski definition) is 1. The van der Waals surface area contributed by atoms with Gasteiger partial charge in [0.15, 0.2) is 5.82 Å².